The third-order valence-corrected chi connectivity index (χ3v) is 2.97. The van der Waals surface area contributed by atoms with Crippen LogP contribution in [-0.2, 0) is 19.0 Å². The molecule has 98 valence electrons. The van der Waals surface area contributed by atoms with Crippen molar-refractivity contribution >= 4 is 5.97 Å². The van der Waals surface area contributed by atoms with Gasteiger partial charge in [0.25, 0.3) is 0 Å². The Morgan fingerprint density at radius 2 is 2.29 bits per heavy atom. The second-order valence-electron chi connectivity index (χ2n) is 4.53. The molecule has 1 saturated heterocycles. The van der Waals surface area contributed by atoms with Crippen molar-refractivity contribution in [2.75, 3.05) is 13.7 Å². The van der Waals surface area contributed by atoms with E-state index < -0.39 is 11.9 Å². The fourth-order valence-corrected chi connectivity index (χ4v) is 2.20. The second kappa shape index (κ2) is 6.17. The molecule has 0 N–H and O–H groups in total. The van der Waals surface area contributed by atoms with Gasteiger partial charge in [-0.15, -0.1) is 0 Å². The zero-order valence-electron chi connectivity index (χ0n) is 11.0. The lowest BCUT2D eigenvalue weighted by Crippen LogP contribution is -2.51. The van der Waals surface area contributed by atoms with E-state index >= 15 is 0 Å². The van der Waals surface area contributed by atoms with E-state index in [0.717, 1.165) is 25.7 Å². The molecular weight excluding hydrogens is 220 g/mol. The van der Waals surface area contributed by atoms with Gasteiger partial charge in [0, 0.05) is 12.7 Å². The van der Waals surface area contributed by atoms with Gasteiger partial charge in [-0.05, 0) is 26.2 Å². The molecule has 0 bridgehead atoms. The number of esters is 1. The maximum atomic E-state index is 11.7. The van der Waals surface area contributed by atoms with Crippen molar-refractivity contribution in [2.24, 2.45) is 0 Å². The average Bonchev–Trinajstić information content (AvgIpc) is 2.29. The Morgan fingerprint density at radius 3 is 2.82 bits per heavy atom. The third-order valence-electron chi connectivity index (χ3n) is 2.97. The summed E-state index contributed by atoms with van der Waals surface area (Å²) in [5, 5.41) is 0. The minimum absolute atomic E-state index is 0.369. The van der Waals surface area contributed by atoms with Gasteiger partial charge in [0.15, 0.2) is 11.9 Å². The van der Waals surface area contributed by atoms with Crippen LogP contribution in [0.25, 0.3) is 0 Å². The van der Waals surface area contributed by atoms with Crippen molar-refractivity contribution in [3.8, 4) is 0 Å². The molecule has 0 amide bonds. The van der Waals surface area contributed by atoms with Crippen LogP contribution in [0.3, 0.4) is 0 Å². The van der Waals surface area contributed by atoms with Gasteiger partial charge in [-0.2, -0.15) is 0 Å². The lowest BCUT2D eigenvalue weighted by Gasteiger charge is -2.42. The molecule has 0 aromatic carbocycles. The van der Waals surface area contributed by atoms with Crippen LogP contribution in [0, 0.1) is 0 Å². The van der Waals surface area contributed by atoms with E-state index in [9.17, 15) is 4.79 Å². The van der Waals surface area contributed by atoms with Crippen LogP contribution in [0.15, 0.2) is 12.2 Å². The molecule has 0 aliphatic carbocycles. The van der Waals surface area contributed by atoms with Crippen LogP contribution in [0.1, 0.15) is 39.5 Å². The fourth-order valence-electron chi connectivity index (χ4n) is 2.20. The van der Waals surface area contributed by atoms with Crippen LogP contribution in [0.2, 0.25) is 0 Å². The predicted molar refractivity (Wildman–Crippen MR) is 64.5 cm³/mol. The molecule has 2 atom stereocenters. The summed E-state index contributed by atoms with van der Waals surface area (Å²) in [6.07, 6.45) is 2.83. The van der Waals surface area contributed by atoms with E-state index in [1.54, 1.807) is 14.0 Å². The smallest absolute Gasteiger partial charge is 0.333 e. The van der Waals surface area contributed by atoms with Crippen molar-refractivity contribution in [2.45, 2.75) is 51.4 Å². The predicted octanol–water partition coefficient (Wildman–Crippen LogP) is 2.43. The minimum atomic E-state index is -0.655. The monoisotopic (exact) mass is 242 g/mol. The molecular formula is C13H22O4. The molecule has 1 fully saturated rings. The molecule has 1 aliphatic rings. The Hall–Kier alpha value is -0.870. The lowest BCUT2D eigenvalue weighted by molar-refractivity contribution is -0.261. The van der Waals surface area contributed by atoms with Gasteiger partial charge in [-0.1, -0.05) is 19.9 Å². The first-order valence-corrected chi connectivity index (χ1v) is 6.09. The van der Waals surface area contributed by atoms with Gasteiger partial charge in [0.1, 0.15) is 0 Å². The molecule has 0 aromatic heterocycles. The summed E-state index contributed by atoms with van der Waals surface area (Å²) < 4.78 is 16.5. The average molecular weight is 242 g/mol. The molecule has 0 aromatic rings. The molecule has 2 unspecified atom stereocenters. The summed E-state index contributed by atoms with van der Waals surface area (Å²) in [6.45, 7) is 7.95. The number of hydrogen-bond donors (Lipinski definition) is 0. The molecule has 0 radical (unpaired) electrons. The Morgan fingerprint density at radius 1 is 1.59 bits per heavy atom. The van der Waals surface area contributed by atoms with Gasteiger partial charge in [-0.3, -0.25) is 0 Å². The van der Waals surface area contributed by atoms with E-state index in [1.807, 2.05) is 0 Å². The topological polar surface area (TPSA) is 44.8 Å². The zero-order valence-corrected chi connectivity index (χ0v) is 11.0. The van der Waals surface area contributed by atoms with Gasteiger partial charge >= 0.3 is 5.97 Å². The molecule has 17 heavy (non-hydrogen) atoms. The van der Waals surface area contributed by atoms with E-state index in [0.29, 0.717) is 12.2 Å². The number of rotatable bonds is 5. The molecule has 4 heteroatoms. The fraction of sp³-hybridized carbons (Fsp3) is 0.769. The van der Waals surface area contributed by atoms with Crippen LogP contribution >= 0.6 is 0 Å². The number of ether oxygens (including phenoxy) is 3. The van der Waals surface area contributed by atoms with E-state index in [4.69, 9.17) is 14.2 Å². The number of carbonyl (C=O) groups excluding carboxylic acids is 1. The quantitative estimate of drug-likeness (QED) is 0.548. The zero-order chi connectivity index (χ0) is 12.9. The molecule has 1 aliphatic heterocycles. The summed E-state index contributed by atoms with van der Waals surface area (Å²) in [7, 11) is 1.58. The molecule has 1 rings (SSSR count). The highest BCUT2D eigenvalue weighted by molar-refractivity contribution is 5.87. The lowest BCUT2D eigenvalue weighted by atomic mass is 9.89. The number of methoxy groups -OCH3 is 1. The normalized spacial score (nSPS) is 28.8. The number of hydrogen-bond acceptors (Lipinski definition) is 4. The third kappa shape index (κ3) is 3.30. The van der Waals surface area contributed by atoms with Crippen LogP contribution in [0.4, 0.5) is 0 Å². The van der Waals surface area contributed by atoms with Gasteiger partial charge < -0.3 is 14.2 Å². The van der Waals surface area contributed by atoms with Crippen LogP contribution in [-0.4, -0.2) is 31.6 Å². The standard InChI is InChI=1S/C13H22O4/c1-5-7-13(17-11(14)10(2)3)8-6-9-16-12(13)15-4/h12H,2,5-9H2,1,3-4H3. The summed E-state index contributed by atoms with van der Waals surface area (Å²) in [6, 6.07) is 0. The highest BCUT2D eigenvalue weighted by Crippen LogP contribution is 2.34. The van der Waals surface area contributed by atoms with Crippen molar-refractivity contribution in [1.82, 2.24) is 0 Å². The van der Waals surface area contributed by atoms with Crippen molar-refractivity contribution in [1.29, 1.82) is 0 Å². The summed E-state index contributed by atoms with van der Waals surface area (Å²) in [4.78, 5) is 11.7. The van der Waals surface area contributed by atoms with Gasteiger partial charge in [0.05, 0.1) is 6.61 Å². The molecule has 0 spiro atoms. The maximum Gasteiger partial charge on any atom is 0.333 e. The van der Waals surface area contributed by atoms with Gasteiger partial charge in [-0.25, -0.2) is 4.79 Å². The van der Waals surface area contributed by atoms with Gasteiger partial charge in [0.2, 0.25) is 0 Å². The summed E-state index contributed by atoms with van der Waals surface area (Å²) in [5.74, 6) is -0.369. The summed E-state index contributed by atoms with van der Waals surface area (Å²) in [5.41, 5.74) is -0.251. The Bertz CT molecular complexity index is 283. The van der Waals surface area contributed by atoms with Crippen molar-refractivity contribution < 1.29 is 19.0 Å². The largest absolute Gasteiger partial charge is 0.450 e. The first kappa shape index (κ1) is 14.2. The van der Waals surface area contributed by atoms with Crippen molar-refractivity contribution in [3.05, 3.63) is 12.2 Å². The SMILES string of the molecule is C=C(C)C(=O)OC1(CCC)CCCOC1OC. The van der Waals surface area contributed by atoms with E-state index in [-0.39, 0.29) is 5.97 Å². The number of carbonyl (C=O) groups is 1. The van der Waals surface area contributed by atoms with Crippen LogP contribution < -0.4 is 0 Å². The van der Waals surface area contributed by atoms with Crippen LogP contribution in [0.5, 0.6) is 0 Å². The molecule has 0 saturated carbocycles. The Labute approximate surface area is 103 Å². The Kier molecular flexibility index (Phi) is 5.15. The highest BCUT2D eigenvalue weighted by Gasteiger charge is 2.45. The molecule has 1 heterocycles. The minimum Gasteiger partial charge on any atom is -0.450 e. The maximum absolute atomic E-state index is 11.7. The highest BCUT2D eigenvalue weighted by atomic mass is 16.7. The van der Waals surface area contributed by atoms with E-state index in [1.165, 1.54) is 0 Å². The summed E-state index contributed by atoms with van der Waals surface area (Å²) >= 11 is 0. The first-order chi connectivity index (χ1) is 8.05. The van der Waals surface area contributed by atoms with Crippen molar-refractivity contribution in [3.63, 3.8) is 0 Å². The molecule has 4 nitrogen and oxygen atoms in total. The van der Waals surface area contributed by atoms with E-state index in [2.05, 4.69) is 13.5 Å². The Balaban J connectivity index is 2.85. The first-order valence-electron chi connectivity index (χ1n) is 6.09. The second-order valence-corrected chi connectivity index (χ2v) is 4.53.